The summed E-state index contributed by atoms with van der Waals surface area (Å²) in [6, 6.07) is 3.15. The van der Waals surface area contributed by atoms with Crippen LogP contribution in [-0.2, 0) is 11.2 Å². The van der Waals surface area contributed by atoms with Gasteiger partial charge in [0.05, 0.1) is 6.42 Å². The third-order valence-corrected chi connectivity index (χ3v) is 3.40. The Kier molecular flexibility index (Phi) is 4.85. The molecule has 0 bridgehead atoms. The van der Waals surface area contributed by atoms with E-state index in [2.05, 4.69) is 10.6 Å². The van der Waals surface area contributed by atoms with Crippen LogP contribution in [0.1, 0.15) is 18.4 Å². The molecule has 3 nitrogen and oxygen atoms in total. The number of nitrogens with one attached hydrogen (secondary N) is 2. The summed E-state index contributed by atoms with van der Waals surface area (Å²) in [6.45, 7) is 2.61. The highest BCUT2D eigenvalue weighted by Gasteiger charge is 2.14. The maximum absolute atomic E-state index is 13.3. The van der Waals surface area contributed by atoms with Crippen LogP contribution in [0.5, 0.6) is 0 Å². The Bertz CT molecular complexity index is 445. The summed E-state index contributed by atoms with van der Waals surface area (Å²) in [5.41, 5.74) is 0.0973. The third kappa shape index (κ3) is 4.28. The van der Waals surface area contributed by atoms with Gasteiger partial charge in [0.1, 0.15) is 11.6 Å². The van der Waals surface area contributed by atoms with Crippen molar-refractivity contribution in [3.63, 3.8) is 0 Å². The van der Waals surface area contributed by atoms with E-state index in [1.54, 1.807) is 0 Å². The quantitative estimate of drug-likeness (QED) is 0.852. The molecule has 0 aliphatic carbocycles. The average Bonchev–Trinajstić information content (AvgIpc) is 2.87. The lowest BCUT2D eigenvalue weighted by Crippen LogP contribution is -2.28. The number of carbonyl (C=O) groups is 1. The molecule has 0 spiro atoms. The molecule has 1 fully saturated rings. The second-order valence-corrected chi connectivity index (χ2v) is 4.91. The van der Waals surface area contributed by atoms with Crippen molar-refractivity contribution in [3.05, 3.63) is 35.4 Å². The van der Waals surface area contributed by atoms with Crippen LogP contribution in [-0.4, -0.2) is 25.5 Å². The van der Waals surface area contributed by atoms with Crippen LogP contribution in [0, 0.1) is 17.6 Å². The molecule has 2 N–H and O–H groups in total. The van der Waals surface area contributed by atoms with Crippen molar-refractivity contribution in [2.45, 2.75) is 19.3 Å². The molecular formula is C14H18F2N2O. The molecule has 1 amide bonds. The number of halogens is 2. The van der Waals surface area contributed by atoms with Gasteiger partial charge in [-0.2, -0.15) is 0 Å². The van der Waals surface area contributed by atoms with Gasteiger partial charge in [0, 0.05) is 12.1 Å². The summed E-state index contributed by atoms with van der Waals surface area (Å²) in [5.74, 6) is -0.737. The first-order valence-electron chi connectivity index (χ1n) is 6.56. The zero-order valence-electron chi connectivity index (χ0n) is 10.7. The minimum atomic E-state index is -0.545. The predicted molar refractivity (Wildman–Crippen MR) is 68.7 cm³/mol. The van der Waals surface area contributed by atoms with Crippen LogP contribution in [0.15, 0.2) is 18.2 Å². The van der Waals surface area contributed by atoms with E-state index in [1.165, 1.54) is 0 Å². The van der Waals surface area contributed by atoms with Crippen molar-refractivity contribution in [2.75, 3.05) is 19.6 Å². The number of amides is 1. The lowest BCUT2D eigenvalue weighted by atomic mass is 10.1. The molecule has 1 saturated heterocycles. The zero-order valence-corrected chi connectivity index (χ0v) is 10.7. The molecule has 1 aliphatic rings. The smallest absolute Gasteiger partial charge is 0.224 e. The molecule has 2 rings (SSSR count). The fourth-order valence-electron chi connectivity index (χ4n) is 2.29. The first-order chi connectivity index (χ1) is 9.15. The second kappa shape index (κ2) is 6.61. The minimum absolute atomic E-state index is 0.0973. The fourth-order valence-corrected chi connectivity index (χ4v) is 2.29. The van der Waals surface area contributed by atoms with Crippen LogP contribution in [0.3, 0.4) is 0 Å². The van der Waals surface area contributed by atoms with Crippen molar-refractivity contribution in [1.29, 1.82) is 0 Å². The average molecular weight is 268 g/mol. The molecule has 104 valence electrons. The number of carbonyl (C=O) groups excluding carboxylic acids is 1. The Hall–Kier alpha value is -1.49. The maximum Gasteiger partial charge on any atom is 0.224 e. The highest BCUT2D eigenvalue weighted by molar-refractivity contribution is 5.78. The van der Waals surface area contributed by atoms with Crippen LogP contribution >= 0.6 is 0 Å². The van der Waals surface area contributed by atoms with Crippen molar-refractivity contribution in [3.8, 4) is 0 Å². The van der Waals surface area contributed by atoms with Gasteiger partial charge in [0.2, 0.25) is 5.91 Å². The fraction of sp³-hybridized carbons (Fsp3) is 0.500. The Balaban J connectivity index is 1.75. The van der Waals surface area contributed by atoms with Gasteiger partial charge < -0.3 is 10.6 Å². The van der Waals surface area contributed by atoms with Gasteiger partial charge in [-0.15, -0.1) is 0 Å². The van der Waals surface area contributed by atoms with Gasteiger partial charge in [-0.3, -0.25) is 4.79 Å². The molecule has 0 saturated carbocycles. The van der Waals surface area contributed by atoms with Crippen LogP contribution in [0.2, 0.25) is 0 Å². The summed E-state index contributed by atoms with van der Waals surface area (Å²) in [6.07, 6.45) is 1.94. The summed E-state index contributed by atoms with van der Waals surface area (Å²) in [7, 11) is 0. The molecule has 1 aromatic rings. The summed E-state index contributed by atoms with van der Waals surface area (Å²) in [4.78, 5) is 11.6. The second-order valence-electron chi connectivity index (χ2n) is 4.91. The Morgan fingerprint density at radius 2 is 2.26 bits per heavy atom. The normalized spacial score (nSPS) is 18.5. The van der Waals surface area contributed by atoms with Crippen LogP contribution in [0.25, 0.3) is 0 Å². The van der Waals surface area contributed by atoms with Crippen molar-refractivity contribution >= 4 is 5.91 Å². The third-order valence-electron chi connectivity index (χ3n) is 3.40. The minimum Gasteiger partial charge on any atom is -0.356 e. The number of benzene rings is 1. The number of rotatable bonds is 5. The van der Waals surface area contributed by atoms with Gasteiger partial charge in [-0.05, 0) is 50.0 Å². The lowest BCUT2D eigenvalue weighted by molar-refractivity contribution is -0.120. The summed E-state index contributed by atoms with van der Waals surface area (Å²) < 4.78 is 26.3. The van der Waals surface area contributed by atoms with E-state index in [1.807, 2.05) is 0 Å². The predicted octanol–water partition coefficient (Wildman–Crippen LogP) is 1.62. The molecular weight excluding hydrogens is 250 g/mol. The number of hydrogen-bond donors (Lipinski definition) is 2. The molecule has 0 radical (unpaired) electrons. The Morgan fingerprint density at radius 3 is 3.00 bits per heavy atom. The van der Waals surface area contributed by atoms with E-state index in [0.29, 0.717) is 12.5 Å². The van der Waals surface area contributed by atoms with E-state index in [4.69, 9.17) is 0 Å². The van der Waals surface area contributed by atoms with Crippen LogP contribution in [0.4, 0.5) is 8.78 Å². The summed E-state index contributed by atoms with van der Waals surface area (Å²) >= 11 is 0. The van der Waals surface area contributed by atoms with Crippen LogP contribution < -0.4 is 10.6 Å². The van der Waals surface area contributed by atoms with E-state index in [0.717, 1.165) is 44.1 Å². The highest BCUT2D eigenvalue weighted by Crippen LogP contribution is 2.12. The molecule has 19 heavy (non-hydrogen) atoms. The lowest BCUT2D eigenvalue weighted by Gasteiger charge is -2.09. The van der Waals surface area contributed by atoms with Gasteiger partial charge >= 0.3 is 0 Å². The van der Waals surface area contributed by atoms with Crippen molar-refractivity contribution < 1.29 is 13.6 Å². The maximum atomic E-state index is 13.3. The van der Waals surface area contributed by atoms with Crippen molar-refractivity contribution in [2.24, 2.45) is 5.92 Å². The van der Waals surface area contributed by atoms with Gasteiger partial charge in [-0.1, -0.05) is 0 Å². The molecule has 1 aromatic carbocycles. The standard InChI is InChI=1S/C14H18F2N2O/c15-12-1-2-13(16)11(7-12)8-14(19)18-6-4-10-3-5-17-9-10/h1-2,7,10,17H,3-6,8-9H2,(H,18,19). The van der Waals surface area contributed by atoms with E-state index in [-0.39, 0.29) is 17.9 Å². The topological polar surface area (TPSA) is 41.1 Å². The van der Waals surface area contributed by atoms with E-state index >= 15 is 0 Å². The summed E-state index contributed by atoms with van der Waals surface area (Å²) in [5, 5.41) is 6.01. The monoisotopic (exact) mass is 268 g/mol. The van der Waals surface area contributed by atoms with E-state index < -0.39 is 11.6 Å². The van der Waals surface area contributed by atoms with Gasteiger partial charge in [0.25, 0.3) is 0 Å². The van der Waals surface area contributed by atoms with E-state index in [9.17, 15) is 13.6 Å². The first kappa shape index (κ1) is 13.9. The molecule has 0 aromatic heterocycles. The van der Waals surface area contributed by atoms with Gasteiger partial charge in [-0.25, -0.2) is 8.78 Å². The molecule has 1 aliphatic heterocycles. The SMILES string of the molecule is O=C(Cc1cc(F)ccc1F)NCCC1CCNC1. The van der Waals surface area contributed by atoms with Crippen molar-refractivity contribution in [1.82, 2.24) is 10.6 Å². The Morgan fingerprint density at radius 1 is 1.42 bits per heavy atom. The molecule has 1 atom stereocenters. The largest absolute Gasteiger partial charge is 0.356 e. The zero-order chi connectivity index (χ0) is 13.7. The molecule has 1 heterocycles. The molecule has 1 unspecified atom stereocenters. The first-order valence-corrected chi connectivity index (χ1v) is 6.56. The Labute approximate surface area is 111 Å². The number of hydrogen-bond acceptors (Lipinski definition) is 2. The molecule has 5 heteroatoms. The van der Waals surface area contributed by atoms with Gasteiger partial charge in [0.15, 0.2) is 0 Å². The highest BCUT2D eigenvalue weighted by atomic mass is 19.1.